The molecule has 0 saturated carbocycles. The Kier molecular flexibility index (Phi) is 6.39. The van der Waals surface area contributed by atoms with Gasteiger partial charge in [0, 0.05) is 37.0 Å². The van der Waals surface area contributed by atoms with Gasteiger partial charge in [0.05, 0.1) is 24.1 Å². The lowest BCUT2D eigenvalue weighted by molar-refractivity contribution is 0.369. The van der Waals surface area contributed by atoms with E-state index in [0.29, 0.717) is 27.8 Å². The first-order valence-electron chi connectivity index (χ1n) is 10.1. The molecule has 4 rings (SSSR count). The average molecular weight is 472 g/mol. The van der Waals surface area contributed by atoms with E-state index >= 15 is 0 Å². The molecule has 2 heterocycles. The standard InChI is InChI=1S/C23H21F2N4O3S/c1-4-32-33(31)27-20-8-16(17-7-14(2)23(30)28(3)11-17)9-21-22(20)26-13-29(21)12-15-5-6-18(24)10-19(15)25/h5-11,13H,4,12H2,1-3H3/q-1. The van der Waals surface area contributed by atoms with Gasteiger partial charge in [-0.2, -0.15) is 0 Å². The molecule has 7 nitrogen and oxygen atoms in total. The van der Waals surface area contributed by atoms with Gasteiger partial charge in [-0.05, 0) is 49.2 Å². The van der Waals surface area contributed by atoms with Crippen molar-refractivity contribution < 1.29 is 17.2 Å². The Morgan fingerprint density at radius 3 is 2.64 bits per heavy atom. The molecule has 2 aromatic carbocycles. The van der Waals surface area contributed by atoms with Crippen molar-refractivity contribution in [2.75, 3.05) is 6.61 Å². The second kappa shape index (κ2) is 9.24. The molecular formula is C23H21F2N4O3S-. The van der Waals surface area contributed by atoms with Crippen LogP contribution in [0.15, 0.2) is 58.1 Å². The largest absolute Gasteiger partial charge is 0.439 e. The molecule has 0 atom stereocenters. The third-order valence-electron chi connectivity index (χ3n) is 5.15. The maximum Gasteiger partial charge on any atom is 0.253 e. The van der Waals surface area contributed by atoms with Crippen LogP contribution in [-0.4, -0.2) is 20.7 Å². The van der Waals surface area contributed by atoms with E-state index in [9.17, 15) is 17.8 Å². The molecule has 0 aliphatic heterocycles. The van der Waals surface area contributed by atoms with Crippen molar-refractivity contribution in [2.45, 2.75) is 20.4 Å². The van der Waals surface area contributed by atoms with Gasteiger partial charge in [0.1, 0.15) is 17.2 Å². The van der Waals surface area contributed by atoms with Crippen molar-refractivity contribution in [1.82, 2.24) is 14.1 Å². The number of hydrogen-bond acceptors (Lipinski definition) is 6. The number of aromatic nitrogens is 3. The fourth-order valence-electron chi connectivity index (χ4n) is 3.58. The molecule has 0 saturated heterocycles. The lowest BCUT2D eigenvalue weighted by Crippen LogP contribution is -2.18. The summed E-state index contributed by atoms with van der Waals surface area (Å²) in [7, 11) is -0.259. The molecule has 0 bridgehead atoms. The summed E-state index contributed by atoms with van der Waals surface area (Å²) >= 11 is 0. The van der Waals surface area contributed by atoms with Gasteiger partial charge in [-0.15, -0.1) is 0 Å². The van der Waals surface area contributed by atoms with Gasteiger partial charge in [0.2, 0.25) is 0 Å². The molecule has 0 radical (unpaired) electrons. The van der Waals surface area contributed by atoms with E-state index in [1.807, 2.05) is 6.07 Å². The Hall–Kier alpha value is -3.37. The monoisotopic (exact) mass is 471 g/mol. The van der Waals surface area contributed by atoms with Crippen LogP contribution in [0.1, 0.15) is 18.1 Å². The van der Waals surface area contributed by atoms with Crippen LogP contribution in [0.5, 0.6) is 0 Å². The number of nitrogens with zero attached hydrogens (tertiary/aromatic N) is 4. The minimum atomic E-state index is -1.92. The van der Waals surface area contributed by atoms with Crippen LogP contribution in [0.2, 0.25) is 0 Å². The minimum absolute atomic E-state index is 0.104. The summed E-state index contributed by atoms with van der Waals surface area (Å²) in [6, 6.07) is 8.72. The van der Waals surface area contributed by atoms with Crippen molar-refractivity contribution in [3.63, 3.8) is 0 Å². The van der Waals surface area contributed by atoms with Gasteiger partial charge in [-0.3, -0.25) is 4.79 Å². The highest BCUT2D eigenvalue weighted by Crippen LogP contribution is 2.33. The number of halogens is 2. The van der Waals surface area contributed by atoms with Crippen LogP contribution < -0.4 is 5.56 Å². The van der Waals surface area contributed by atoms with Crippen LogP contribution >= 0.6 is 0 Å². The number of aryl methyl sites for hydroxylation is 2. The summed E-state index contributed by atoms with van der Waals surface area (Å²) in [6.07, 6.45) is 3.21. The molecule has 0 unspecified atom stereocenters. The highest BCUT2D eigenvalue weighted by molar-refractivity contribution is 7.69. The first-order chi connectivity index (χ1) is 15.8. The second-order valence-corrected chi connectivity index (χ2v) is 8.37. The quantitative estimate of drug-likeness (QED) is 0.380. The molecule has 2 aromatic heterocycles. The highest BCUT2D eigenvalue weighted by atomic mass is 32.2. The van der Waals surface area contributed by atoms with Gasteiger partial charge >= 0.3 is 0 Å². The van der Waals surface area contributed by atoms with Crippen molar-refractivity contribution >= 4 is 27.6 Å². The zero-order valence-electron chi connectivity index (χ0n) is 18.2. The Morgan fingerprint density at radius 2 is 1.94 bits per heavy atom. The van der Waals surface area contributed by atoms with Crippen molar-refractivity contribution in [3.8, 4) is 11.1 Å². The van der Waals surface area contributed by atoms with Crippen LogP contribution in [0.3, 0.4) is 0 Å². The van der Waals surface area contributed by atoms with E-state index in [0.717, 1.165) is 11.6 Å². The molecule has 4 aromatic rings. The zero-order valence-corrected chi connectivity index (χ0v) is 19.0. The summed E-state index contributed by atoms with van der Waals surface area (Å²) in [6.45, 7) is 3.75. The predicted octanol–water partition coefficient (Wildman–Crippen LogP) is 4.77. The predicted molar refractivity (Wildman–Crippen MR) is 122 cm³/mol. The molecule has 0 aliphatic carbocycles. The van der Waals surface area contributed by atoms with E-state index in [1.54, 1.807) is 43.8 Å². The Balaban J connectivity index is 1.92. The fourth-order valence-corrected chi connectivity index (χ4v) is 4.14. The molecule has 0 fully saturated rings. The summed E-state index contributed by atoms with van der Waals surface area (Å²) < 4.78 is 52.2. The number of pyridine rings is 1. The second-order valence-electron chi connectivity index (χ2n) is 7.51. The van der Waals surface area contributed by atoms with Gasteiger partial charge < -0.3 is 21.9 Å². The van der Waals surface area contributed by atoms with E-state index in [1.165, 1.54) is 23.0 Å². The zero-order chi connectivity index (χ0) is 23.7. The average Bonchev–Trinajstić information content (AvgIpc) is 3.17. The molecular weight excluding hydrogens is 450 g/mol. The van der Waals surface area contributed by atoms with Gasteiger partial charge in [-0.25, -0.2) is 13.8 Å². The van der Waals surface area contributed by atoms with E-state index < -0.39 is 22.5 Å². The third-order valence-corrected chi connectivity index (χ3v) is 5.93. The number of imidazole rings is 1. The molecule has 172 valence electrons. The maximum absolute atomic E-state index is 14.3. The summed E-state index contributed by atoms with van der Waals surface area (Å²) in [5.74, 6) is -1.32. The SMILES string of the molecule is CCO[S-](=O)=Nc1cc(-c2cc(C)c(=O)n(C)c2)cc2c1ncn2Cc1ccc(F)cc1F. The first kappa shape index (κ1) is 22.8. The lowest BCUT2D eigenvalue weighted by atomic mass is 10.0. The van der Waals surface area contributed by atoms with Crippen LogP contribution in [-0.2, 0) is 32.9 Å². The van der Waals surface area contributed by atoms with Gasteiger partial charge in [0.25, 0.3) is 5.56 Å². The van der Waals surface area contributed by atoms with Crippen LogP contribution in [0.25, 0.3) is 22.2 Å². The molecule has 0 amide bonds. The van der Waals surface area contributed by atoms with E-state index in [4.69, 9.17) is 4.18 Å². The summed E-state index contributed by atoms with van der Waals surface area (Å²) in [5, 5.41) is 0. The molecule has 0 aliphatic rings. The highest BCUT2D eigenvalue weighted by Gasteiger charge is 2.13. The number of benzene rings is 2. The number of hydrogen-bond donors (Lipinski definition) is 0. The number of rotatable bonds is 6. The Bertz CT molecular complexity index is 1480. The molecule has 10 heteroatoms. The minimum Gasteiger partial charge on any atom is -0.439 e. The van der Waals surface area contributed by atoms with Gasteiger partial charge in [-0.1, -0.05) is 16.9 Å². The third kappa shape index (κ3) is 4.71. The fraction of sp³-hybridized carbons (Fsp3) is 0.217. The van der Waals surface area contributed by atoms with Crippen molar-refractivity contribution in [2.24, 2.45) is 11.4 Å². The van der Waals surface area contributed by atoms with Crippen molar-refractivity contribution in [1.29, 1.82) is 0 Å². The normalized spacial score (nSPS) is 12.5. The Morgan fingerprint density at radius 1 is 1.15 bits per heavy atom. The van der Waals surface area contributed by atoms with E-state index in [-0.39, 0.29) is 24.3 Å². The lowest BCUT2D eigenvalue weighted by Gasteiger charge is -2.12. The smallest absolute Gasteiger partial charge is 0.253 e. The van der Waals surface area contributed by atoms with Crippen LogP contribution in [0.4, 0.5) is 14.5 Å². The molecule has 0 spiro atoms. The molecule has 33 heavy (non-hydrogen) atoms. The first-order valence-corrected chi connectivity index (χ1v) is 11.2. The van der Waals surface area contributed by atoms with Gasteiger partial charge in [0.15, 0.2) is 0 Å². The Labute approximate surface area is 190 Å². The van der Waals surface area contributed by atoms with Crippen LogP contribution in [0, 0.1) is 18.6 Å². The topological polar surface area (TPSA) is 78.5 Å². The van der Waals surface area contributed by atoms with Crippen molar-refractivity contribution in [3.05, 3.63) is 82.0 Å². The maximum atomic E-state index is 14.3. The number of fused-ring (bicyclic) bond motifs is 1. The molecule has 0 N–H and O–H groups in total. The summed E-state index contributed by atoms with van der Waals surface area (Å²) in [4.78, 5) is 16.5. The summed E-state index contributed by atoms with van der Waals surface area (Å²) in [5.41, 5.74) is 3.58. The van der Waals surface area contributed by atoms with E-state index in [2.05, 4.69) is 9.35 Å².